The molecule has 43 heavy (non-hydrogen) atoms. The number of aromatic nitrogens is 1. The van der Waals surface area contributed by atoms with E-state index in [2.05, 4.69) is 58.4 Å². The fourth-order valence-corrected chi connectivity index (χ4v) is 6.49. The Morgan fingerprint density at radius 3 is 2.14 bits per heavy atom. The second-order valence-corrected chi connectivity index (χ2v) is 12.6. The van der Waals surface area contributed by atoms with Crippen molar-refractivity contribution in [3.8, 4) is 11.1 Å². The zero-order valence-electron chi connectivity index (χ0n) is 25.3. The van der Waals surface area contributed by atoms with Gasteiger partial charge in [0.1, 0.15) is 16.7 Å². The van der Waals surface area contributed by atoms with Gasteiger partial charge in [-0.25, -0.2) is 18.9 Å². The molecule has 0 N–H and O–H groups in total. The number of ether oxygens (including phenoxy) is 2. The molecule has 1 fully saturated rings. The van der Waals surface area contributed by atoms with Crippen molar-refractivity contribution in [2.24, 2.45) is 0 Å². The fourth-order valence-electron chi connectivity index (χ4n) is 5.59. The van der Waals surface area contributed by atoms with Gasteiger partial charge >= 0.3 is 12.1 Å². The van der Waals surface area contributed by atoms with E-state index in [-0.39, 0.29) is 29.1 Å². The van der Waals surface area contributed by atoms with E-state index in [0.717, 1.165) is 11.9 Å². The average Bonchev–Trinajstić information content (AvgIpc) is 3.33. The Morgan fingerprint density at radius 1 is 0.953 bits per heavy atom. The number of esters is 1. The highest BCUT2D eigenvalue weighted by Gasteiger charge is 2.38. The molecule has 0 radical (unpaired) electrons. The summed E-state index contributed by atoms with van der Waals surface area (Å²) in [7, 11) is 0. The van der Waals surface area contributed by atoms with Gasteiger partial charge in [0.2, 0.25) is 5.91 Å². The molecular formula is C33H38N4O5S. The highest BCUT2D eigenvalue weighted by atomic mass is 32.2. The normalized spacial score (nSPS) is 15.8. The lowest BCUT2D eigenvalue weighted by molar-refractivity contribution is -0.136. The lowest BCUT2D eigenvalue weighted by Crippen LogP contribution is -2.54. The van der Waals surface area contributed by atoms with Crippen LogP contribution < -0.4 is 0 Å². The van der Waals surface area contributed by atoms with E-state index in [1.807, 2.05) is 0 Å². The quantitative estimate of drug-likeness (QED) is 0.247. The Labute approximate surface area is 257 Å². The van der Waals surface area contributed by atoms with E-state index in [1.165, 1.54) is 32.8 Å². The van der Waals surface area contributed by atoms with Crippen molar-refractivity contribution in [1.82, 2.24) is 19.1 Å². The smallest absolute Gasteiger partial charge is 0.421 e. The van der Waals surface area contributed by atoms with Crippen LogP contribution in [0, 0.1) is 0 Å². The summed E-state index contributed by atoms with van der Waals surface area (Å²) in [5.74, 6) is -0.744. The molecule has 2 amide bonds. The molecule has 3 aromatic rings. The third-order valence-electron chi connectivity index (χ3n) is 7.53. The van der Waals surface area contributed by atoms with Crippen molar-refractivity contribution < 1.29 is 23.9 Å². The molecule has 0 spiro atoms. The first kappa shape index (κ1) is 30.6. The summed E-state index contributed by atoms with van der Waals surface area (Å²) < 4.78 is 12.1. The molecule has 2 aliphatic rings. The number of fused-ring (bicyclic) bond motifs is 3. The minimum atomic E-state index is -0.878. The SMILES string of the molecule is CCOC(=O)c1cccnc1SN(C(=O)OC(C)(C)C)[C@H](C)C(=O)N1CCN(C2c3ccccc3-c3ccccc32)CC1. The van der Waals surface area contributed by atoms with E-state index in [9.17, 15) is 14.4 Å². The van der Waals surface area contributed by atoms with Crippen LogP contribution in [0.5, 0.6) is 0 Å². The molecule has 226 valence electrons. The second kappa shape index (κ2) is 12.8. The summed E-state index contributed by atoms with van der Waals surface area (Å²) in [4.78, 5) is 48.5. The highest BCUT2D eigenvalue weighted by Crippen LogP contribution is 2.46. The number of benzene rings is 2. The Hall–Kier alpha value is -3.89. The van der Waals surface area contributed by atoms with Gasteiger partial charge in [0.05, 0.1) is 18.2 Å². The van der Waals surface area contributed by atoms with E-state index in [0.29, 0.717) is 26.2 Å². The van der Waals surface area contributed by atoms with Crippen molar-refractivity contribution in [1.29, 1.82) is 0 Å². The summed E-state index contributed by atoms with van der Waals surface area (Å²) in [5.41, 5.74) is 4.53. The third kappa shape index (κ3) is 6.55. The standard InChI is InChI=1S/C33H38N4O5S/c1-6-41-31(39)27-16-11-17-34-29(27)43-37(32(40)42-33(3,4)5)22(2)30(38)36-20-18-35(19-21-36)28-25-14-9-7-12-23(25)24-13-8-10-15-26(24)28/h7-17,22,28H,6,18-21H2,1-5H3/t22-/m1/s1. The zero-order chi connectivity index (χ0) is 30.7. The van der Waals surface area contributed by atoms with Gasteiger partial charge in [0.15, 0.2) is 0 Å². The molecule has 1 saturated heterocycles. The number of hydrogen-bond acceptors (Lipinski definition) is 8. The number of amides is 2. The number of piperazine rings is 1. The van der Waals surface area contributed by atoms with Crippen molar-refractivity contribution >= 4 is 29.9 Å². The molecule has 0 bridgehead atoms. The topological polar surface area (TPSA) is 92.3 Å². The molecule has 10 heteroatoms. The predicted molar refractivity (Wildman–Crippen MR) is 165 cm³/mol. The molecule has 2 heterocycles. The summed E-state index contributed by atoms with van der Waals surface area (Å²) in [6.45, 7) is 11.3. The van der Waals surface area contributed by atoms with Crippen LogP contribution in [0.4, 0.5) is 4.79 Å². The first-order valence-corrected chi connectivity index (χ1v) is 15.4. The van der Waals surface area contributed by atoms with Gasteiger partial charge < -0.3 is 14.4 Å². The van der Waals surface area contributed by atoms with Crippen molar-refractivity contribution in [3.05, 3.63) is 83.6 Å². The van der Waals surface area contributed by atoms with Crippen molar-refractivity contribution in [3.63, 3.8) is 0 Å². The molecule has 1 aromatic heterocycles. The van der Waals surface area contributed by atoms with Crippen LogP contribution in [0.15, 0.2) is 71.9 Å². The number of pyridine rings is 1. The van der Waals surface area contributed by atoms with Crippen molar-refractivity contribution in [2.45, 2.75) is 57.3 Å². The van der Waals surface area contributed by atoms with Gasteiger partial charge in [-0.2, -0.15) is 0 Å². The monoisotopic (exact) mass is 602 g/mol. The number of carbonyl (C=O) groups is 3. The van der Waals surface area contributed by atoms with Crippen LogP contribution in [0.1, 0.15) is 62.1 Å². The molecule has 9 nitrogen and oxygen atoms in total. The largest absolute Gasteiger partial charge is 0.462 e. The number of nitrogens with zero attached hydrogens (tertiary/aromatic N) is 4. The van der Waals surface area contributed by atoms with Gasteiger partial charge in [0, 0.05) is 44.3 Å². The summed E-state index contributed by atoms with van der Waals surface area (Å²) in [6, 6.07) is 19.5. The van der Waals surface area contributed by atoms with Gasteiger partial charge in [-0.15, -0.1) is 0 Å². The van der Waals surface area contributed by atoms with Crippen LogP contribution in [0.2, 0.25) is 0 Å². The molecule has 1 aliphatic carbocycles. The fraction of sp³-hybridized carbons (Fsp3) is 0.394. The maximum absolute atomic E-state index is 13.9. The van der Waals surface area contributed by atoms with E-state index in [4.69, 9.17) is 9.47 Å². The van der Waals surface area contributed by atoms with Gasteiger partial charge in [-0.3, -0.25) is 9.69 Å². The number of rotatable bonds is 7. The van der Waals surface area contributed by atoms with E-state index >= 15 is 0 Å². The molecular weight excluding hydrogens is 564 g/mol. The van der Waals surface area contributed by atoms with Crippen LogP contribution >= 0.6 is 11.9 Å². The minimum Gasteiger partial charge on any atom is -0.462 e. The van der Waals surface area contributed by atoms with Crippen LogP contribution in [-0.2, 0) is 14.3 Å². The van der Waals surface area contributed by atoms with E-state index < -0.39 is 23.7 Å². The number of hydrogen-bond donors (Lipinski definition) is 0. The van der Waals surface area contributed by atoms with E-state index in [1.54, 1.807) is 51.7 Å². The molecule has 0 saturated carbocycles. The van der Waals surface area contributed by atoms with Gasteiger partial charge in [0.25, 0.3) is 0 Å². The maximum Gasteiger partial charge on any atom is 0.421 e. The number of carbonyl (C=O) groups excluding carboxylic acids is 3. The third-order valence-corrected chi connectivity index (χ3v) is 8.69. The summed E-state index contributed by atoms with van der Waals surface area (Å²) in [5, 5.41) is 0.259. The molecule has 2 aromatic carbocycles. The maximum atomic E-state index is 13.9. The summed E-state index contributed by atoms with van der Waals surface area (Å²) >= 11 is 0.913. The Balaban J connectivity index is 1.33. The molecule has 1 atom stereocenters. The Bertz CT molecular complexity index is 1450. The lowest BCUT2D eigenvalue weighted by Gasteiger charge is -2.40. The first-order chi connectivity index (χ1) is 20.6. The van der Waals surface area contributed by atoms with Gasteiger partial charge in [-0.05, 0) is 69.0 Å². The first-order valence-electron chi connectivity index (χ1n) is 14.6. The molecule has 0 unspecified atom stereocenters. The zero-order valence-corrected chi connectivity index (χ0v) is 26.1. The van der Waals surface area contributed by atoms with Crippen LogP contribution in [0.3, 0.4) is 0 Å². The second-order valence-electron chi connectivity index (χ2n) is 11.6. The van der Waals surface area contributed by atoms with Gasteiger partial charge in [-0.1, -0.05) is 48.5 Å². The Kier molecular flexibility index (Phi) is 9.08. The lowest BCUT2D eigenvalue weighted by atomic mass is 10.0. The predicted octanol–water partition coefficient (Wildman–Crippen LogP) is 5.81. The average molecular weight is 603 g/mol. The molecule has 1 aliphatic heterocycles. The Morgan fingerprint density at radius 2 is 1.56 bits per heavy atom. The van der Waals surface area contributed by atoms with Crippen LogP contribution in [0.25, 0.3) is 11.1 Å². The molecule has 5 rings (SSSR count). The summed E-state index contributed by atoms with van der Waals surface area (Å²) in [6.07, 6.45) is 0.847. The minimum absolute atomic E-state index is 0.140. The van der Waals surface area contributed by atoms with Crippen molar-refractivity contribution in [2.75, 3.05) is 32.8 Å². The highest BCUT2D eigenvalue weighted by molar-refractivity contribution is 7.97. The van der Waals surface area contributed by atoms with Crippen LogP contribution in [-0.4, -0.2) is 81.5 Å².